The van der Waals surface area contributed by atoms with Gasteiger partial charge in [-0.3, -0.25) is 10.1 Å². The van der Waals surface area contributed by atoms with Crippen LogP contribution in [0.3, 0.4) is 0 Å². The molecule has 2 aromatic carbocycles. The summed E-state index contributed by atoms with van der Waals surface area (Å²) in [7, 11) is -3.90. The van der Waals surface area contributed by atoms with Gasteiger partial charge in [0.1, 0.15) is 5.75 Å². The van der Waals surface area contributed by atoms with Gasteiger partial charge in [-0.15, -0.1) is 0 Å². The van der Waals surface area contributed by atoms with E-state index in [1.54, 1.807) is 12.1 Å². The lowest BCUT2D eigenvalue weighted by Gasteiger charge is -2.02. The summed E-state index contributed by atoms with van der Waals surface area (Å²) in [6.45, 7) is 0. The number of hydrogen-bond donors (Lipinski definition) is 2. The van der Waals surface area contributed by atoms with Crippen LogP contribution in [0, 0.1) is 10.1 Å². The number of nitro groups is 1. The van der Waals surface area contributed by atoms with Gasteiger partial charge in [0.25, 0.3) is 15.7 Å². The maximum Gasteiger partial charge on any atom is 0.276 e. The first-order valence-electron chi connectivity index (χ1n) is 5.97. The van der Waals surface area contributed by atoms with Crippen molar-refractivity contribution in [1.29, 1.82) is 0 Å². The molecule has 0 amide bonds. The normalized spacial score (nSPS) is 11.5. The van der Waals surface area contributed by atoms with Gasteiger partial charge in [0, 0.05) is 12.1 Å². The van der Waals surface area contributed by atoms with Crippen LogP contribution in [0.25, 0.3) is 0 Å². The third kappa shape index (κ3) is 3.79. The van der Waals surface area contributed by atoms with Crippen molar-refractivity contribution in [3.05, 3.63) is 64.2 Å². The maximum absolute atomic E-state index is 11.9. The summed E-state index contributed by atoms with van der Waals surface area (Å²) in [5.74, 6) is 0.0867. The molecule has 2 aromatic rings. The molecule has 2 rings (SSSR count). The molecular formula is C13H11N3O5S. The van der Waals surface area contributed by atoms with Gasteiger partial charge in [-0.1, -0.05) is 0 Å². The third-order valence-electron chi connectivity index (χ3n) is 2.64. The van der Waals surface area contributed by atoms with Crippen LogP contribution < -0.4 is 4.83 Å². The van der Waals surface area contributed by atoms with Gasteiger partial charge in [-0.05, 0) is 42.0 Å². The Morgan fingerprint density at radius 1 is 1.09 bits per heavy atom. The second-order valence-corrected chi connectivity index (χ2v) is 5.86. The molecule has 0 fully saturated rings. The first kappa shape index (κ1) is 15.4. The summed E-state index contributed by atoms with van der Waals surface area (Å²) in [6.07, 6.45) is 1.27. The number of benzene rings is 2. The highest BCUT2D eigenvalue weighted by atomic mass is 32.2. The Kier molecular flexibility index (Phi) is 4.37. The first-order valence-corrected chi connectivity index (χ1v) is 7.45. The summed E-state index contributed by atoms with van der Waals surface area (Å²) in [5, 5.41) is 23.2. The Bertz CT molecular complexity index is 799. The van der Waals surface area contributed by atoms with Gasteiger partial charge in [-0.2, -0.15) is 13.5 Å². The first-order chi connectivity index (χ1) is 10.4. The zero-order chi connectivity index (χ0) is 16.2. The summed E-state index contributed by atoms with van der Waals surface area (Å²) < 4.78 is 23.8. The fourth-order valence-electron chi connectivity index (χ4n) is 1.53. The van der Waals surface area contributed by atoms with E-state index in [0.717, 1.165) is 24.3 Å². The van der Waals surface area contributed by atoms with Gasteiger partial charge < -0.3 is 5.11 Å². The molecule has 2 N–H and O–H groups in total. The largest absolute Gasteiger partial charge is 0.508 e. The second-order valence-electron chi connectivity index (χ2n) is 4.20. The molecule has 0 unspecified atom stereocenters. The molecule has 0 atom stereocenters. The van der Waals surface area contributed by atoms with Crippen LogP contribution in [0.5, 0.6) is 5.75 Å². The molecule has 114 valence electrons. The van der Waals surface area contributed by atoms with E-state index in [2.05, 4.69) is 5.10 Å². The smallest absolute Gasteiger partial charge is 0.276 e. The lowest BCUT2D eigenvalue weighted by Crippen LogP contribution is -2.18. The number of nitro benzene ring substituents is 1. The van der Waals surface area contributed by atoms with E-state index in [1.165, 1.54) is 18.3 Å². The maximum atomic E-state index is 11.9. The predicted molar refractivity (Wildman–Crippen MR) is 79.1 cm³/mol. The van der Waals surface area contributed by atoms with Crippen LogP contribution in [-0.4, -0.2) is 24.7 Å². The molecule has 22 heavy (non-hydrogen) atoms. The van der Waals surface area contributed by atoms with Crippen LogP contribution in [-0.2, 0) is 10.0 Å². The fourth-order valence-corrected chi connectivity index (χ4v) is 2.32. The van der Waals surface area contributed by atoms with Crippen molar-refractivity contribution in [1.82, 2.24) is 4.83 Å². The number of non-ortho nitro benzene ring substituents is 1. The average molecular weight is 321 g/mol. The van der Waals surface area contributed by atoms with Crippen molar-refractivity contribution in [3.63, 3.8) is 0 Å². The molecule has 0 saturated carbocycles. The molecule has 0 aliphatic carbocycles. The van der Waals surface area contributed by atoms with E-state index < -0.39 is 14.9 Å². The lowest BCUT2D eigenvalue weighted by molar-refractivity contribution is -0.384. The Labute approximate surface area is 125 Å². The number of hydrazone groups is 1. The number of rotatable bonds is 5. The predicted octanol–water partition coefficient (Wildman–Crippen LogP) is 1.61. The summed E-state index contributed by atoms with van der Waals surface area (Å²) in [5.41, 5.74) is 0.385. The van der Waals surface area contributed by atoms with Crippen LogP contribution in [0.15, 0.2) is 58.5 Å². The summed E-state index contributed by atoms with van der Waals surface area (Å²) >= 11 is 0. The lowest BCUT2D eigenvalue weighted by atomic mass is 10.2. The van der Waals surface area contributed by atoms with Crippen molar-refractivity contribution in [2.24, 2.45) is 5.10 Å². The van der Waals surface area contributed by atoms with E-state index in [0.29, 0.717) is 5.56 Å². The monoisotopic (exact) mass is 321 g/mol. The Morgan fingerprint density at radius 2 is 1.68 bits per heavy atom. The van der Waals surface area contributed by atoms with Crippen molar-refractivity contribution >= 4 is 21.9 Å². The number of sulfonamides is 1. The molecule has 9 heteroatoms. The van der Waals surface area contributed by atoms with Crippen LogP contribution in [0.4, 0.5) is 5.69 Å². The minimum Gasteiger partial charge on any atom is -0.508 e. The van der Waals surface area contributed by atoms with Crippen molar-refractivity contribution in [2.75, 3.05) is 0 Å². The molecule has 0 heterocycles. The molecule has 0 aromatic heterocycles. The van der Waals surface area contributed by atoms with E-state index in [4.69, 9.17) is 5.11 Å². The molecule has 0 bridgehead atoms. The van der Waals surface area contributed by atoms with Crippen LogP contribution in [0.1, 0.15) is 5.56 Å². The highest BCUT2D eigenvalue weighted by Gasteiger charge is 2.14. The van der Waals surface area contributed by atoms with E-state index in [1.807, 2.05) is 4.83 Å². The van der Waals surface area contributed by atoms with Crippen molar-refractivity contribution in [3.8, 4) is 5.75 Å². The number of phenols is 1. The number of nitrogens with one attached hydrogen (secondary N) is 1. The highest BCUT2D eigenvalue weighted by molar-refractivity contribution is 7.89. The molecule has 0 aliphatic heterocycles. The fraction of sp³-hybridized carbons (Fsp3) is 0. The Morgan fingerprint density at radius 3 is 2.23 bits per heavy atom. The van der Waals surface area contributed by atoms with Gasteiger partial charge >= 0.3 is 0 Å². The molecule has 0 spiro atoms. The average Bonchev–Trinajstić information content (AvgIpc) is 2.49. The van der Waals surface area contributed by atoms with Crippen LogP contribution in [0.2, 0.25) is 0 Å². The van der Waals surface area contributed by atoms with E-state index >= 15 is 0 Å². The SMILES string of the molecule is O=[N+]([O-])c1ccc(S(=O)(=O)NN=Cc2ccc(O)cc2)cc1. The van der Waals surface area contributed by atoms with Gasteiger partial charge in [0.05, 0.1) is 16.0 Å². The molecular weight excluding hydrogens is 310 g/mol. The molecule has 0 aliphatic rings. The van der Waals surface area contributed by atoms with Gasteiger partial charge in [-0.25, -0.2) is 4.83 Å². The number of nitrogens with zero attached hydrogens (tertiary/aromatic N) is 2. The van der Waals surface area contributed by atoms with Gasteiger partial charge in [0.2, 0.25) is 0 Å². The molecule has 0 saturated heterocycles. The minimum absolute atomic E-state index is 0.0867. The number of hydrogen-bond acceptors (Lipinski definition) is 6. The molecule has 8 nitrogen and oxygen atoms in total. The zero-order valence-corrected chi connectivity index (χ0v) is 11.9. The number of phenolic OH excluding ortho intramolecular Hbond substituents is 1. The topological polar surface area (TPSA) is 122 Å². The molecule has 0 radical (unpaired) electrons. The minimum atomic E-state index is -3.90. The number of aromatic hydroxyl groups is 1. The zero-order valence-electron chi connectivity index (χ0n) is 11.1. The quantitative estimate of drug-likeness (QED) is 0.492. The van der Waals surface area contributed by atoms with Crippen molar-refractivity contribution in [2.45, 2.75) is 4.90 Å². The second kappa shape index (κ2) is 6.22. The third-order valence-corrected chi connectivity index (χ3v) is 3.88. The van der Waals surface area contributed by atoms with Gasteiger partial charge in [0.15, 0.2) is 0 Å². The summed E-state index contributed by atoms with van der Waals surface area (Å²) in [4.78, 5) is 11.8. The summed E-state index contributed by atoms with van der Waals surface area (Å²) in [6, 6.07) is 10.4. The van der Waals surface area contributed by atoms with Crippen molar-refractivity contribution < 1.29 is 18.4 Å². The Hall–Kier alpha value is -2.94. The standard InChI is InChI=1S/C13H11N3O5S/c17-12-5-1-10(2-6-12)9-14-15-22(20,21)13-7-3-11(4-8-13)16(18)19/h1-9,15,17H. The van der Waals surface area contributed by atoms with E-state index in [-0.39, 0.29) is 16.3 Å². The van der Waals surface area contributed by atoms with Crippen LogP contribution >= 0.6 is 0 Å². The highest BCUT2D eigenvalue weighted by Crippen LogP contribution is 2.15. The Balaban J connectivity index is 2.10. The van der Waals surface area contributed by atoms with E-state index in [9.17, 15) is 18.5 Å².